The fraction of sp³-hybridized carbons (Fsp3) is 0.182. The number of alkyl halides is 3. The summed E-state index contributed by atoms with van der Waals surface area (Å²) in [7, 11) is 1.42. The van der Waals surface area contributed by atoms with Gasteiger partial charge in [0.15, 0.2) is 6.29 Å². The molecule has 0 amide bonds. The third-order valence-corrected chi connectivity index (χ3v) is 2.42. The molecule has 6 heteroatoms. The van der Waals surface area contributed by atoms with Gasteiger partial charge in [0.2, 0.25) is 0 Å². The van der Waals surface area contributed by atoms with Crippen molar-refractivity contribution in [3.63, 3.8) is 0 Å². The van der Waals surface area contributed by atoms with E-state index in [2.05, 4.69) is 0 Å². The van der Waals surface area contributed by atoms with Crippen LogP contribution >= 0.6 is 11.6 Å². The molecule has 0 heterocycles. The van der Waals surface area contributed by atoms with Crippen molar-refractivity contribution in [2.45, 2.75) is 6.18 Å². The van der Waals surface area contributed by atoms with Crippen LogP contribution in [-0.2, 0) is 4.79 Å². The lowest BCUT2D eigenvalue weighted by Gasteiger charge is -2.09. The minimum absolute atomic E-state index is 0.0810. The second-order valence-electron chi connectivity index (χ2n) is 3.07. The maximum atomic E-state index is 12.3. The second kappa shape index (κ2) is 5.23. The van der Waals surface area contributed by atoms with E-state index in [1.54, 1.807) is 0 Å². The molecule has 0 fully saturated rings. The van der Waals surface area contributed by atoms with Gasteiger partial charge in [-0.25, -0.2) is 0 Å². The molecule has 0 radical (unpaired) electrons. The number of aldehydes is 1. The van der Waals surface area contributed by atoms with Crippen LogP contribution in [0.15, 0.2) is 29.3 Å². The average molecular weight is 265 g/mol. The predicted molar refractivity (Wildman–Crippen MR) is 57.9 cm³/mol. The highest BCUT2D eigenvalue weighted by Crippen LogP contribution is 2.34. The van der Waals surface area contributed by atoms with E-state index < -0.39 is 16.8 Å². The van der Waals surface area contributed by atoms with Gasteiger partial charge in [-0.05, 0) is 17.7 Å². The maximum absolute atomic E-state index is 12.3. The molecule has 0 saturated heterocycles. The predicted octanol–water partition coefficient (Wildman–Crippen LogP) is 3.41. The SMILES string of the molecule is COc1ccc(/C(C=O)=C(\Cl)C(F)(F)F)cc1. The first kappa shape index (κ1) is 13.6. The Hall–Kier alpha value is -1.49. The molecule has 1 aromatic rings. The highest BCUT2D eigenvalue weighted by atomic mass is 35.5. The number of carbonyl (C=O) groups excluding carboxylic acids is 1. The molecule has 0 unspecified atom stereocenters. The van der Waals surface area contributed by atoms with Crippen LogP contribution in [0.5, 0.6) is 5.75 Å². The molecule has 0 bridgehead atoms. The zero-order valence-electron chi connectivity index (χ0n) is 8.72. The molecule has 0 aromatic heterocycles. The number of carbonyl (C=O) groups is 1. The number of benzene rings is 1. The third kappa shape index (κ3) is 3.23. The van der Waals surface area contributed by atoms with Crippen LogP contribution in [0, 0.1) is 0 Å². The Kier molecular flexibility index (Phi) is 4.17. The summed E-state index contributed by atoms with van der Waals surface area (Å²) in [4.78, 5) is 10.7. The molecule has 0 N–H and O–H groups in total. The van der Waals surface area contributed by atoms with Crippen molar-refractivity contribution < 1.29 is 22.7 Å². The molecule has 17 heavy (non-hydrogen) atoms. The Bertz CT molecular complexity index is 435. The van der Waals surface area contributed by atoms with Gasteiger partial charge in [-0.15, -0.1) is 0 Å². The normalized spacial score (nSPS) is 13.0. The lowest BCUT2D eigenvalue weighted by Crippen LogP contribution is -2.10. The second-order valence-corrected chi connectivity index (χ2v) is 3.45. The highest BCUT2D eigenvalue weighted by Gasteiger charge is 2.35. The Labute approximate surface area is 101 Å². The third-order valence-electron chi connectivity index (χ3n) is 2.00. The zero-order chi connectivity index (χ0) is 13.1. The van der Waals surface area contributed by atoms with Crippen molar-refractivity contribution >= 4 is 23.5 Å². The van der Waals surface area contributed by atoms with Crippen LogP contribution in [0.25, 0.3) is 5.57 Å². The van der Waals surface area contributed by atoms with Gasteiger partial charge in [0.05, 0.1) is 7.11 Å². The summed E-state index contributed by atoms with van der Waals surface area (Å²) < 4.78 is 41.9. The monoisotopic (exact) mass is 264 g/mol. The first-order chi connectivity index (χ1) is 7.90. The van der Waals surface area contributed by atoms with E-state index in [1.165, 1.54) is 31.4 Å². The molecule has 0 atom stereocenters. The Morgan fingerprint density at radius 3 is 2.18 bits per heavy atom. The first-order valence-corrected chi connectivity index (χ1v) is 4.84. The molecular formula is C11H8ClF3O2. The largest absolute Gasteiger partial charge is 0.497 e. The molecule has 1 aromatic carbocycles. The Balaban J connectivity index is 3.22. The minimum Gasteiger partial charge on any atom is -0.497 e. The van der Waals surface area contributed by atoms with Gasteiger partial charge in [0, 0.05) is 5.57 Å². The molecule has 0 saturated carbocycles. The van der Waals surface area contributed by atoms with Gasteiger partial charge in [-0.1, -0.05) is 23.7 Å². The van der Waals surface area contributed by atoms with E-state index in [4.69, 9.17) is 16.3 Å². The summed E-state index contributed by atoms with van der Waals surface area (Å²) in [5.41, 5.74) is -0.509. The summed E-state index contributed by atoms with van der Waals surface area (Å²) in [6.45, 7) is 0. The Morgan fingerprint density at radius 1 is 1.29 bits per heavy atom. The number of halogens is 4. The van der Waals surface area contributed by atoms with E-state index in [-0.39, 0.29) is 11.8 Å². The number of hydrogen-bond acceptors (Lipinski definition) is 2. The van der Waals surface area contributed by atoms with Crippen molar-refractivity contribution in [3.05, 3.63) is 34.9 Å². The fourth-order valence-electron chi connectivity index (χ4n) is 1.17. The molecule has 92 valence electrons. The number of hydrogen-bond donors (Lipinski definition) is 0. The molecular weight excluding hydrogens is 257 g/mol. The van der Waals surface area contributed by atoms with Crippen LogP contribution in [0.4, 0.5) is 13.2 Å². The summed E-state index contributed by atoms with van der Waals surface area (Å²) in [5, 5.41) is -1.43. The van der Waals surface area contributed by atoms with Crippen molar-refractivity contribution in [2.75, 3.05) is 7.11 Å². The van der Waals surface area contributed by atoms with Crippen LogP contribution in [0.2, 0.25) is 0 Å². The van der Waals surface area contributed by atoms with Crippen LogP contribution in [0.3, 0.4) is 0 Å². The standard InChI is InChI=1S/C11H8ClF3O2/c1-17-8-4-2-7(3-5-8)9(6-16)10(12)11(13,14)15/h2-6H,1H3/b10-9-. The van der Waals surface area contributed by atoms with Crippen LogP contribution in [-0.4, -0.2) is 19.6 Å². The van der Waals surface area contributed by atoms with E-state index >= 15 is 0 Å². The van der Waals surface area contributed by atoms with Gasteiger partial charge >= 0.3 is 6.18 Å². The van der Waals surface area contributed by atoms with Crippen LogP contribution in [0.1, 0.15) is 5.56 Å². The summed E-state index contributed by atoms with van der Waals surface area (Å²) >= 11 is 5.12. The lowest BCUT2D eigenvalue weighted by atomic mass is 10.1. The smallest absolute Gasteiger partial charge is 0.427 e. The van der Waals surface area contributed by atoms with Gasteiger partial charge < -0.3 is 4.74 Å². The van der Waals surface area contributed by atoms with Gasteiger partial charge in [0.25, 0.3) is 0 Å². The topological polar surface area (TPSA) is 26.3 Å². The van der Waals surface area contributed by atoms with Crippen molar-refractivity contribution in [1.29, 1.82) is 0 Å². The fourth-order valence-corrected chi connectivity index (χ4v) is 1.32. The molecule has 0 spiro atoms. The highest BCUT2D eigenvalue weighted by molar-refractivity contribution is 6.37. The molecule has 0 aliphatic rings. The Morgan fingerprint density at radius 2 is 1.82 bits per heavy atom. The van der Waals surface area contributed by atoms with Crippen molar-refractivity contribution in [2.24, 2.45) is 0 Å². The number of allylic oxidation sites excluding steroid dienone is 2. The van der Waals surface area contributed by atoms with Gasteiger partial charge in [-0.2, -0.15) is 13.2 Å². The van der Waals surface area contributed by atoms with Gasteiger partial charge in [0.1, 0.15) is 10.8 Å². The van der Waals surface area contributed by atoms with E-state index in [0.29, 0.717) is 5.75 Å². The van der Waals surface area contributed by atoms with E-state index in [1.807, 2.05) is 0 Å². The molecule has 0 aliphatic heterocycles. The molecule has 2 nitrogen and oxygen atoms in total. The number of rotatable bonds is 3. The zero-order valence-corrected chi connectivity index (χ0v) is 9.47. The van der Waals surface area contributed by atoms with E-state index in [9.17, 15) is 18.0 Å². The van der Waals surface area contributed by atoms with Gasteiger partial charge in [-0.3, -0.25) is 4.79 Å². The van der Waals surface area contributed by atoms with E-state index in [0.717, 1.165) is 0 Å². The first-order valence-electron chi connectivity index (χ1n) is 4.46. The summed E-state index contributed by atoms with van der Waals surface area (Å²) in [5.74, 6) is 0.474. The summed E-state index contributed by atoms with van der Waals surface area (Å²) in [6.07, 6.45) is -4.66. The molecule has 0 aliphatic carbocycles. The van der Waals surface area contributed by atoms with Crippen molar-refractivity contribution in [1.82, 2.24) is 0 Å². The van der Waals surface area contributed by atoms with Crippen molar-refractivity contribution in [3.8, 4) is 5.75 Å². The maximum Gasteiger partial charge on any atom is 0.427 e. The number of ether oxygens (including phenoxy) is 1. The quantitative estimate of drug-likeness (QED) is 0.618. The number of methoxy groups -OCH3 is 1. The van der Waals surface area contributed by atoms with Crippen LogP contribution < -0.4 is 4.74 Å². The minimum atomic E-state index is -4.74. The summed E-state index contributed by atoms with van der Waals surface area (Å²) in [6, 6.07) is 5.55. The lowest BCUT2D eigenvalue weighted by molar-refractivity contribution is -0.104. The molecule has 1 rings (SSSR count). The average Bonchev–Trinajstić information content (AvgIpc) is 2.29.